The van der Waals surface area contributed by atoms with Crippen molar-refractivity contribution < 1.29 is 22.5 Å². The third-order valence-electron chi connectivity index (χ3n) is 2.68. The first-order valence-corrected chi connectivity index (χ1v) is 8.06. The van der Waals surface area contributed by atoms with Crippen LogP contribution in [0.25, 0.3) is 0 Å². The molecule has 0 amide bonds. The molecular weight excluding hydrogens is 256 g/mol. The molecule has 0 bridgehead atoms. The van der Waals surface area contributed by atoms with E-state index in [-0.39, 0.29) is 13.0 Å². The van der Waals surface area contributed by atoms with Crippen LogP contribution in [0.15, 0.2) is 0 Å². The lowest BCUT2D eigenvalue weighted by Gasteiger charge is -2.07. The highest BCUT2D eigenvalue weighted by Crippen LogP contribution is 2.15. The highest BCUT2D eigenvalue weighted by Gasteiger charge is 2.33. The zero-order valence-electron chi connectivity index (χ0n) is 11.2. The molecule has 0 spiro atoms. The van der Waals surface area contributed by atoms with Gasteiger partial charge in [-0.25, -0.2) is 0 Å². The van der Waals surface area contributed by atoms with Crippen LogP contribution in [0.5, 0.6) is 0 Å². The Kier molecular flexibility index (Phi) is 9.01. The van der Waals surface area contributed by atoms with Crippen LogP contribution >= 0.6 is 0 Å². The number of ether oxygens (including phenoxy) is 1. The molecule has 1 fully saturated rings. The monoisotopic (exact) mass is 280 g/mol. The van der Waals surface area contributed by atoms with E-state index in [1.54, 1.807) is 0 Å². The van der Waals surface area contributed by atoms with E-state index in [0.717, 1.165) is 0 Å². The van der Waals surface area contributed by atoms with Crippen molar-refractivity contribution in [3.05, 3.63) is 0 Å². The van der Waals surface area contributed by atoms with Crippen LogP contribution < -0.4 is 0 Å². The van der Waals surface area contributed by atoms with Crippen molar-refractivity contribution in [3.63, 3.8) is 0 Å². The Morgan fingerprint density at radius 3 is 2.22 bits per heavy atom. The molecule has 1 saturated heterocycles. The van der Waals surface area contributed by atoms with E-state index in [1.165, 1.54) is 25.7 Å². The van der Waals surface area contributed by atoms with Crippen LogP contribution in [0.4, 0.5) is 0 Å². The van der Waals surface area contributed by atoms with E-state index < -0.39 is 21.3 Å². The smallest absolute Gasteiger partial charge is 0.326 e. The Labute approximate surface area is 110 Å². The molecular formula is C12H24O5S. The minimum Gasteiger partial charge on any atom is -0.465 e. The van der Waals surface area contributed by atoms with E-state index in [9.17, 15) is 13.2 Å². The molecule has 5 nitrogen and oxygen atoms in total. The summed E-state index contributed by atoms with van der Waals surface area (Å²) in [6, 6.07) is 0. The molecule has 1 atom stereocenters. The first-order chi connectivity index (χ1) is 8.43. The lowest BCUT2D eigenvalue weighted by atomic mass is 10.2. The van der Waals surface area contributed by atoms with Gasteiger partial charge >= 0.3 is 5.97 Å². The average molecular weight is 280 g/mol. The van der Waals surface area contributed by atoms with Crippen molar-refractivity contribution in [1.82, 2.24) is 0 Å². The van der Waals surface area contributed by atoms with Gasteiger partial charge in [0.25, 0.3) is 10.1 Å². The minimum atomic E-state index is -4.27. The van der Waals surface area contributed by atoms with E-state index in [4.69, 9.17) is 4.55 Å². The second-order valence-electron chi connectivity index (χ2n) is 4.37. The van der Waals surface area contributed by atoms with Gasteiger partial charge in [0.1, 0.15) is 0 Å². The summed E-state index contributed by atoms with van der Waals surface area (Å²) in [5, 5.41) is -1.38. The van der Waals surface area contributed by atoms with Crippen molar-refractivity contribution in [1.29, 1.82) is 0 Å². The van der Waals surface area contributed by atoms with Crippen molar-refractivity contribution in [2.75, 3.05) is 6.61 Å². The Balaban J connectivity index is 0.000000411. The fraction of sp³-hybridized carbons (Fsp3) is 0.917. The van der Waals surface area contributed by atoms with Crippen LogP contribution in [0, 0.1) is 0 Å². The van der Waals surface area contributed by atoms with Crippen LogP contribution in [-0.4, -0.2) is 30.8 Å². The summed E-state index contributed by atoms with van der Waals surface area (Å²) >= 11 is 0. The van der Waals surface area contributed by atoms with E-state index in [0.29, 0.717) is 12.8 Å². The maximum absolute atomic E-state index is 10.9. The summed E-state index contributed by atoms with van der Waals surface area (Å²) in [5.74, 6) is -0.838. The van der Waals surface area contributed by atoms with Crippen molar-refractivity contribution in [2.45, 2.75) is 64.0 Å². The number of carbonyl (C=O) groups excluding carboxylic acids is 1. The fourth-order valence-corrected chi connectivity index (χ4v) is 2.36. The van der Waals surface area contributed by atoms with E-state index in [2.05, 4.69) is 18.6 Å². The molecule has 1 unspecified atom stereocenters. The van der Waals surface area contributed by atoms with Gasteiger partial charge in [0, 0.05) is 0 Å². The van der Waals surface area contributed by atoms with Crippen LogP contribution in [-0.2, 0) is 19.6 Å². The Hall–Kier alpha value is -0.620. The number of carbonyl (C=O) groups is 1. The number of hydrogen-bond donors (Lipinski definition) is 1. The van der Waals surface area contributed by atoms with Crippen molar-refractivity contribution in [3.8, 4) is 0 Å². The maximum Gasteiger partial charge on any atom is 0.326 e. The number of unbranched alkanes of at least 4 members (excludes halogenated alkanes) is 3. The van der Waals surface area contributed by atoms with Crippen LogP contribution in [0.2, 0.25) is 0 Å². The van der Waals surface area contributed by atoms with E-state index in [1.807, 2.05) is 0 Å². The van der Waals surface area contributed by atoms with Gasteiger partial charge in [-0.1, -0.05) is 39.5 Å². The summed E-state index contributed by atoms with van der Waals surface area (Å²) in [6.45, 7) is 4.70. The standard InChI is InChI=1S/C6H10O5S.C6H14/c7-6-5(12(8,9)10)3-1-2-4-11-6;1-3-5-6-4-2/h5H,1-4H2,(H,8,9,10);3-6H2,1-2H3. The number of rotatable bonds is 4. The Morgan fingerprint density at radius 1 is 1.22 bits per heavy atom. The lowest BCUT2D eigenvalue weighted by Crippen LogP contribution is -2.30. The molecule has 1 aliphatic rings. The SMILES string of the molecule is CCCCCC.O=C1OCCCCC1S(=O)(=O)O. The quantitative estimate of drug-likeness (QED) is 0.486. The van der Waals surface area contributed by atoms with Crippen LogP contribution in [0.1, 0.15) is 58.8 Å². The molecule has 108 valence electrons. The van der Waals surface area contributed by atoms with Gasteiger partial charge in [0.15, 0.2) is 5.25 Å². The van der Waals surface area contributed by atoms with Gasteiger partial charge in [0.2, 0.25) is 0 Å². The van der Waals surface area contributed by atoms with Gasteiger partial charge in [-0.05, 0) is 19.3 Å². The molecule has 0 aromatic rings. The average Bonchev–Trinajstić information content (AvgIpc) is 2.51. The van der Waals surface area contributed by atoms with Gasteiger partial charge < -0.3 is 4.74 Å². The van der Waals surface area contributed by atoms with Gasteiger partial charge in [-0.2, -0.15) is 8.42 Å². The number of hydrogen-bond acceptors (Lipinski definition) is 4. The Morgan fingerprint density at radius 2 is 1.78 bits per heavy atom. The third kappa shape index (κ3) is 7.66. The van der Waals surface area contributed by atoms with E-state index >= 15 is 0 Å². The molecule has 1 rings (SSSR count). The molecule has 0 aromatic carbocycles. The largest absolute Gasteiger partial charge is 0.465 e. The third-order valence-corrected chi connectivity index (χ3v) is 3.83. The lowest BCUT2D eigenvalue weighted by molar-refractivity contribution is -0.142. The molecule has 0 radical (unpaired) electrons. The second kappa shape index (κ2) is 9.33. The van der Waals surface area contributed by atoms with Crippen molar-refractivity contribution >= 4 is 16.1 Å². The highest BCUT2D eigenvalue weighted by atomic mass is 32.2. The first kappa shape index (κ1) is 17.4. The summed E-state index contributed by atoms with van der Waals surface area (Å²) in [6.07, 6.45) is 6.92. The normalized spacial score (nSPS) is 20.4. The molecule has 1 aliphatic heterocycles. The van der Waals surface area contributed by atoms with Gasteiger partial charge in [-0.15, -0.1) is 0 Å². The topological polar surface area (TPSA) is 80.7 Å². The Bertz CT molecular complexity index is 319. The highest BCUT2D eigenvalue weighted by molar-refractivity contribution is 7.87. The molecule has 18 heavy (non-hydrogen) atoms. The maximum atomic E-state index is 10.9. The molecule has 0 aliphatic carbocycles. The predicted molar refractivity (Wildman–Crippen MR) is 70.0 cm³/mol. The van der Waals surface area contributed by atoms with Crippen LogP contribution in [0.3, 0.4) is 0 Å². The molecule has 1 N–H and O–H groups in total. The first-order valence-electron chi connectivity index (χ1n) is 6.56. The zero-order chi connectivity index (χ0) is 14.0. The zero-order valence-corrected chi connectivity index (χ0v) is 12.0. The summed E-state index contributed by atoms with van der Waals surface area (Å²) in [5.41, 5.74) is 0. The fourth-order valence-electron chi connectivity index (χ4n) is 1.59. The summed E-state index contributed by atoms with van der Waals surface area (Å²) in [7, 11) is -4.27. The minimum absolute atomic E-state index is 0.150. The van der Waals surface area contributed by atoms with Gasteiger partial charge in [-0.3, -0.25) is 9.35 Å². The predicted octanol–water partition coefficient (Wildman–Crippen LogP) is 2.56. The van der Waals surface area contributed by atoms with Gasteiger partial charge in [0.05, 0.1) is 6.61 Å². The molecule has 6 heteroatoms. The van der Waals surface area contributed by atoms with Crippen molar-refractivity contribution in [2.24, 2.45) is 0 Å². The number of cyclic esters (lactones) is 1. The molecule has 0 aromatic heterocycles. The number of esters is 1. The summed E-state index contributed by atoms with van der Waals surface area (Å²) in [4.78, 5) is 10.9. The second-order valence-corrected chi connectivity index (χ2v) is 5.97. The summed E-state index contributed by atoms with van der Waals surface area (Å²) < 4.78 is 34.4. The molecule has 1 heterocycles. The molecule has 0 saturated carbocycles.